The highest BCUT2D eigenvalue weighted by Crippen LogP contribution is 1.81. The van der Waals surface area contributed by atoms with E-state index in [4.69, 9.17) is 0 Å². The number of hydrogen-bond donors (Lipinski definition) is 4. The van der Waals surface area contributed by atoms with E-state index in [1.807, 2.05) is 0 Å². The Kier molecular flexibility index (Phi) is 9.00. The molecular formula is C11H28N4. The maximum atomic E-state index is 3.32. The number of piperazine rings is 2. The predicted molar refractivity (Wildman–Crippen MR) is 67.4 cm³/mol. The van der Waals surface area contributed by atoms with Gasteiger partial charge in [0.25, 0.3) is 0 Å². The van der Waals surface area contributed by atoms with Crippen LogP contribution in [0.15, 0.2) is 0 Å². The van der Waals surface area contributed by atoms with Gasteiger partial charge < -0.3 is 21.3 Å². The predicted octanol–water partition coefficient (Wildman–Crippen LogP) is -0.228. The second-order valence-electron chi connectivity index (χ2n) is 4.12. The molecule has 0 unspecified atom stereocenters. The minimum Gasteiger partial charge on any atom is -0.314 e. The van der Waals surface area contributed by atoms with Crippen LogP contribution < -0.4 is 21.3 Å². The summed E-state index contributed by atoms with van der Waals surface area (Å²) in [7, 11) is 0. The molecule has 4 nitrogen and oxygen atoms in total. The van der Waals surface area contributed by atoms with Crippen LogP contribution in [0.5, 0.6) is 0 Å². The Morgan fingerprint density at radius 3 is 1.27 bits per heavy atom. The molecule has 0 aromatic carbocycles. The standard InChI is InChI=1S/2C5H12N2.CH4/c2*1-5-4-6-2-3-7-5;/h2*5-7H,2-4H2,1H3;1H4/t2*5-;/m10./s1. The van der Waals surface area contributed by atoms with Gasteiger partial charge in [-0.05, 0) is 13.8 Å². The summed E-state index contributed by atoms with van der Waals surface area (Å²) in [6, 6.07) is 1.35. The van der Waals surface area contributed by atoms with Crippen LogP contribution >= 0.6 is 0 Å². The van der Waals surface area contributed by atoms with Gasteiger partial charge in [0.05, 0.1) is 0 Å². The molecule has 0 aliphatic carbocycles. The highest BCUT2D eigenvalue weighted by Gasteiger charge is 2.03. The van der Waals surface area contributed by atoms with Crippen LogP contribution in [0.3, 0.4) is 0 Å². The van der Waals surface area contributed by atoms with E-state index < -0.39 is 0 Å². The van der Waals surface area contributed by atoms with E-state index in [0.29, 0.717) is 12.1 Å². The zero-order valence-corrected chi connectivity index (χ0v) is 9.40. The zero-order valence-electron chi connectivity index (χ0n) is 9.40. The first-order chi connectivity index (χ1) is 6.79. The van der Waals surface area contributed by atoms with Crippen molar-refractivity contribution < 1.29 is 0 Å². The normalized spacial score (nSPS) is 30.8. The molecular weight excluding hydrogens is 188 g/mol. The first kappa shape index (κ1) is 14.8. The number of rotatable bonds is 0. The number of nitrogens with one attached hydrogen (secondary N) is 4. The highest BCUT2D eigenvalue weighted by atomic mass is 15.0. The lowest BCUT2D eigenvalue weighted by Gasteiger charge is -2.19. The van der Waals surface area contributed by atoms with Crippen LogP contribution in [0, 0.1) is 0 Å². The molecule has 2 fully saturated rings. The quantitative estimate of drug-likeness (QED) is 0.452. The molecule has 15 heavy (non-hydrogen) atoms. The van der Waals surface area contributed by atoms with Crippen LogP contribution in [0.1, 0.15) is 21.3 Å². The van der Waals surface area contributed by atoms with Crippen molar-refractivity contribution in [3.63, 3.8) is 0 Å². The average Bonchev–Trinajstić information content (AvgIpc) is 2.21. The van der Waals surface area contributed by atoms with Crippen molar-refractivity contribution in [2.45, 2.75) is 33.4 Å². The van der Waals surface area contributed by atoms with Crippen LogP contribution in [-0.4, -0.2) is 51.4 Å². The summed E-state index contributed by atoms with van der Waals surface area (Å²) >= 11 is 0. The summed E-state index contributed by atoms with van der Waals surface area (Å²) in [6.07, 6.45) is 0. The molecule has 0 radical (unpaired) electrons. The van der Waals surface area contributed by atoms with E-state index in [9.17, 15) is 0 Å². The molecule has 2 rings (SSSR count). The lowest BCUT2D eigenvalue weighted by atomic mass is 10.3. The third kappa shape index (κ3) is 7.73. The van der Waals surface area contributed by atoms with Crippen molar-refractivity contribution in [3.8, 4) is 0 Å². The van der Waals surface area contributed by atoms with Crippen LogP contribution in [0.2, 0.25) is 0 Å². The summed E-state index contributed by atoms with van der Waals surface area (Å²) in [5, 5.41) is 13.2. The third-order valence-electron chi connectivity index (χ3n) is 2.49. The first-order valence-electron chi connectivity index (χ1n) is 5.67. The lowest BCUT2D eigenvalue weighted by Crippen LogP contribution is -2.46. The molecule has 2 saturated heterocycles. The molecule has 0 aromatic rings. The molecule has 2 heterocycles. The van der Waals surface area contributed by atoms with Crippen LogP contribution in [0.25, 0.3) is 0 Å². The molecule has 0 amide bonds. The van der Waals surface area contributed by atoms with Crippen LogP contribution in [-0.2, 0) is 0 Å². The Bertz CT molecular complexity index is 113. The minimum absolute atomic E-state index is 0. The Morgan fingerprint density at radius 1 is 0.733 bits per heavy atom. The average molecular weight is 216 g/mol. The smallest absolute Gasteiger partial charge is 0.0164 e. The molecule has 2 aliphatic rings. The van der Waals surface area contributed by atoms with Crippen molar-refractivity contribution in [3.05, 3.63) is 0 Å². The summed E-state index contributed by atoms with van der Waals surface area (Å²) in [5.74, 6) is 0. The van der Waals surface area contributed by atoms with Gasteiger partial charge in [0.2, 0.25) is 0 Å². The van der Waals surface area contributed by atoms with E-state index in [2.05, 4.69) is 35.1 Å². The van der Waals surface area contributed by atoms with E-state index >= 15 is 0 Å². The Morgan fingerprint density at radius 2 is 1.13 bits per heavy atom. The second-order valence-corrected chi connectivity index (χ2v) is 4.12. The Hall–Kier alpha value is -0.160. The SMILES string of the molecule is C.C[C@@H]1CNCCN1.C[C@H]1CNCCN1. The Labute approximate surface area is 94.6 Å². The fourth-order valence-electron chi connectivity index (χ4n) is 1.60. The summed E-state index contributed by atoms with van der Waals surface area (Å²) in [6.45, 7) is 11.1. The summed E-state index contributed by atoms with van der Waals surface area (Å²) < 4.78 is 0. The van der Waals surface area contributed by atoms with Gasteiger partial charge in [0.1, 0.15) is 0 Å². The molecule has 2 atom stereocenters. The molecule has 0 bridgehead atoms. The zero-order chi connectivity index (χ0) is 10.2. The summed E-state index contributed by atoms with van der Waals surface area (Å²) in [4.78, 5) is 0. The first-order valence-corrected chi connectivity index (χ1v) is 5.67. The second kappa shape index (κ2) is 9.09. The van der Waals surface area contributed by atoms with E-state index in [-0.39, 0.29) is 7.43 Å². The fraction of sp³-hybridized carbons (Fsp3) is 1.00. The monoisotopic (exact) mass is 216 g/mol. The van der Waals surface area contributed by atoms with E-state index in [1.54, 1.807) is 0 Å². The topological polar surface area (TPSA) is 48.1 Å². The molecule has 0 saturated carbocycles. The minimum atomic E-state index is 0. The molecule has 2 aliphatic heterocycles. The van der Waals surface area contributed by atoms with Crippen LogP contribution in [0.4, 0.5) is 0 Å². The summed E-state index contributed by atoms with van der Waals surface area (Å²) in [5.41, 5.74) is 0. The van der Waals surface area contributed by atoms with Crippen molar-refractivity contribution >= 4 is 0 Å². The lowest BCUT2D eigenvalue weighted by molar-refractivity contribution is 0.442. The van der Waals surface area contributed by atoms with Gasteiger partial charge in [0, 0.05) is 51.4 Å². The van der Waals surface area contributed by atoms with Gasteiger partial charge >= 0.3 is 0 Å². The van der Waals surface area contributed by atoms with Crippen molar-refractivity contribution in [2.24, 2.45) is 0 Å². The van der Waals surface area contributed by atoms with Gasteiger partial charge in [0.15, 0.2) is 0 Å². The highest BCUT2D eigenvalue weighted by molar-refractivity contribution is 4.70. The maximum absolute atomic E-state index is 3.32. The molecule has 92 valence electrons. The molecule has 0 spiro atoms. The van der Waals surface area contributed by atoms with E-state index in [0.717, 1.165) is 39.3 Å². The van der Waals surface area contributed by atoms with Crippen molar-refractivity contribution in [2.75, 3.05) is 39.3 Å². The van der Waals surface area contributed by atoms with Gasteiger partial charge in [-0.2, -0.15) is 0 Å². The van der Waals surface area contributed by atoms with Gasteiger partial charge in [-0.1, -0.05) is 7.43 Å². The largest absolute Gasteiger partial charge is 0.314 e. The van der Waals surface area contributed by atoms with Gasteiger partial charge in [-0.15, -0.1) is 0 Å². The van der Waals surface area contributed by atoms with Crippen molar-refractivity contribution in [1.82, 2.24) is 21.3 Å². The maximum Gasteiger partial charge on any atom is 0.0164 e. The molecule has 4 N–H and O–H groups in total. The molecule has 0 aromatic heterocycles. The molecule has 4 heteroatoms. The fourth-order valence-corrected chi connectivity index (χ4v) is 1.60. The van der Waals surface area contributed by atoms with E-state index in [1.165, 1.54) is 0 Å². The van der Waals surface area contributed by atoms with Gasteiger partial charge in [-0.25, -0.2) is 0 Å². The Balaban J connectivity index is 0.000000245. The van der Waals surface area contributed by atoms with Gasteiger partial charge in [-0.3, -0.25) is 0 Å². The third-order valence-corrected chi connectivity index (χ3v) is 2.49. The van der Waals surface area contributed by atoms with Crippen molar-refractivity contribution in [1.29, 1.82) is 0 Å². The number of hydrogen-bond acceptors (Lipinski definition) is 4.